The summed E-state index contributed by atoms with van der Waals surface area (Å²) in [5.41, 5.74) is 5.74. The van der Waals surface area contributed by atoms with Crippen molar-refractivity contribution in [2.45, 2.75) is 44.2 Å². The van der Waals surface area contributed by atoms with E-state index in [1.807, 2.05) is 0 Å². The molecule has 2 fully saturated rings. The summed E-state index contributed by atoms with van der Waals surface area (Å²) in [5.74, 6) is 0.705. The molecular weight excluding hydrogens is 176 g/mol. The summed E-state index contributed by atoms with van der Waals surface area (Å²) >= 11 is 0. The molecule has 1 saturated carbocycles. The van der Waals surface area contributed by atoms with Gasteiger partial charge >= 0.3 is 0 Å². The molecule has 0 spiro atoms. The van der Waals surface area contributed by atoms with Crippen molar-refractivity contribution in [3.63, 3.8) is 0 Å². The third-order valence-corrected chi connectivity index (χ3v) is 3.59. The van der Waals surface area contributed by atoms with E-state index >= 15 is 0 Å². The van der Waals surface area contributed by atoms with Gasteiger partial charge in [-0.3, -0.25) is 0 Å². The molecule has 3 nitrogen and oxygen atoms in total. The average molecular weight is 198 g/mol. The average Bonchev–Trinajstić information content (AvgIpc) is 2.85. The summed E-state index contributed by atoms with van der Waals surface area (Å²) in [7, 11) is 0. The van der Waals surface area contributed by atoms with E-state index in [4.69, 9.17) is 10.5 Å². The minimum atomic E-state index is 0.467. The fourth-order valence-corrected chi connectivity index (χ4v) is 2.68. The quantitative estimate of drug-likeness (QED) is 0.705. The minimum absolute atomic E-state index is 0.467. The first-order valence-electron chi connectivity index (χ1n) is 5.95. The standard InChI is InChI=1S/C11H22N2O/c12-7-9-3-1-5-11(9)13-8-10-4-2-6-14-10/h9-11,13H,1-8,12H2. The third kappa shape index (κ3) is 2.47. The molecule has 0 aromatic rings. The van der Waals surface area contributed by atoms with E-state index in [9.17, 15) is 0 Å². The smallest absolute Gasteiger partial charge is 0.0700 e. The fraction of sp³-hybridized carbons (Fsp3) is 1.00. The predicted molar refractivity (Wildman–Crippen MR) is 57.2 cm³/mol. The fourth-order valence-electron chi connectivity index (χ4n) is 2.68. The molecule has 82 valence electrons. The largest absolute Gasteiger partial charge is 0.377 e. The number of hydrogen-bond donors (Lipinski definition) is 2. The molecule has 14 heavy (non-hydrogen) atoms. The van der Waals surface area contributed by atoms with Crippen molar-refractivity contribution in [1.29, 1.82) is 0 Å². The van der Waals surface area contributed by atoms with Gasteiger partial charge in [0, 0.05) is 19.2 Å². The Morgan fingerprint density at radius 1 is 1.21 bits per heavy atom. The van der Waals surface area contributed by atoms with Crippen LogP contribution >= 0.6 is 0 Å². The second kappa shape index (κ2) is 5.10. The van der Waals surface area contributed by atoms with Gasteiger partial charge in [-0.05, 0) is 38.1 Å². The topological polar surface area (TPSA) is 47.3 Å². The van der Waals surface area contributed by atoms with Crippen LogP contribution in [-0.2, 0) is 4.74 Å². The second-order valence-electron chi connectivity index (χ2n) is 4.58. The lowest BCUT2D eigenvalue weighted by Gasteiger charge is -2.21. The Kier molecular flexibility index (Phi) is 3.79. The maximum Gasteiger partial charge on any atom is 0.0700 e. The molecule has 3 atom stereocenters. The van der Waals surface area contributed by atoms with Crippen molar-refractivity contribution >= 4 is 0 Å². The lowest BCUT2D eigenvalue weighted by atomic mass is 10.0. The highest BCUT2D eigenvalue weighted by atomic mass is 16.5. The van der Waals surface area contributed by atoms with Crippen LogP contribution in [0.4, 0.5) is 0 Å². The molecule has 0 aromatic heterocycles. The van der Waals surface area contributed by atoms with Crippen molar-refractivity contribution in [3.8, 4) is 0 Å². The number of hydrogen-bond acceptors (Lipinski definition) is 3. The van der Waals surface area contributed by atoms with Crippen molar-refractivity contribution in [3.05, 3.63) is 0 Å². The molecule has 1 saturated heterocycles. The first-order valence-corrected chi connectivity index (χ1v) is 5.95. The third-order valence-electron chi connectivity index (χ3n) is 3.59. The van der Waals surface area contributed by atoms with Gasteiger partial charge < -0.3 is 15.8 Å². The molecule has 3 heteroatoms. The van der Waals surface area contributed by atoms with E-state index in [-0.39, 0.29) is 0 Å². The van der Waals surface area contributed by atoms with Crippen LogP contribution in [0.3, 0.4) is 0 Å². The highest BCUT2D eigenvalue weighted by molar-refractivity contribution is 4.84. The molecule has 3 unspecified atom stereocenters. The van der Waals surface area contributed by atoms with Gasteiger partial charge in [0.2, 0.25) is 0 Å². The summed E-state index contributed by atoms with van der Waals surface area (Å²) in [4.78, 5) is 0. The highest BCUT2D eigenvalue weighted by Crippen LogP contribution is 2.24. The summed E-state index contributed by atoms with van der Waals surface area (Å²) in [6, 6.07) is 0.657. The first-order chi connectivity index (χ1) is 6.90. The SMILES string of the molecule is NCC1CCCC1NCC1CCCO1. The van der Waals surface area contributed by atoms with Crippen LogP contribution < -0.4 is 11.1 Å². The number of ether oxygens (including phenoxy) is 1. The Bertz CT molecular complexity index is 169. The van der Waals surface area contributed by atoms with Crippen molar-refractivity contribution in [2.24, 2.45) is 11.7 Å². The van der Waals surface area contributed by atoms with E-state index in [1.54, 1.807) is 0 Å². The maximum absolute atomic E-state index is 5.74. The van der Waals surface area contributed by atoms with Gasteiger partial charge in [-0.2, -0.15) is 0 Å². The van der Waals surface area contributed by atoms with Crippen molar-refractivity contribution < 1.29 is 4.74 Å². The normalized spacial score (nSPS) is 37.9. The zero-order valence-electron chi connectivity index (χ0n) is 8.87. The Balaban J connectivity index is 1.68. The van der Waals surface area contributed by atoms with E-state index < -0.39 is 0 Å². The van der Waals surface area contributed by atoms with Gasteiger partial charge in [0.15, 0.2) is 0 Å². The van der Waals surface area contributed by atoms with Gasteiger partial charge in [-0.25, -0.2) is 0 Å². The Morgan fingerprint density at radius 3 is 2.86 bits per heavy atom. The number of rotatable bonds is 4. The van der Waals surface area contributed by atoms with Crippen LogP contribution in [0.5, 0.6) is 0 Å². The van der Waals surface area contributed by atoms with E-state index in [0.29, 0.717) is 18.1 Å². The maximum atomic E-state index is 5.74. The van der Waals surface area contributed by atoms with Gasteiger partial charge in [0.05, 0.1) is 6.10 Å². The lowest BCUT2D eigenvalue weighted by molar-refractivity contribution is 0.106. The highest BCUT2D eigenvalue weighted by Gasteiger charge is 2.26. The summed E-state index contributed by atoms with van der Waals surface area (Å²) in [5, 5.41) is 3.62. The Morgan fingerprint density at radius 2 is 2.14 bits per heavy atom. The van der Waals surface area contributed by atoms with Gasteiger partial charge in [0.1, 0.15) is 0 Å². The zero-order chi connectivity index (χ0) is 9.80. The van der Waals surface area contributed by atoms with Crippen LogP contribution in [0, 0.1) is 5.92 Å². The van der Waals surface area contributed by atoms with Gasteiger partial charge in [-0.1, -0.05) is 6.42 Å². The van der Waals surface area contributed by atoms with Crippen LogP contribution in [-0.4, -0.2) is 31.8 Å². The molecule has 0 aromatic carbocycles. The molecule has 1 heterocycles. The molecule has 0 bridgehead atoms. The molecular formula is C11H22N2O. The second-order valence-corrected chi connectivity index (χ2v) is 4.58. The van der Waals surface area contributed by atoms with E-state index in [2.05, 4.69) is 5.32 Å². The molecule has 3 N–H and O–H groups in total. The summed E-state index contributed by atoms with van der Waals surface area (Å²) in [6.07, 6.45) is 6.87. The van der Waals surface area contributed by atoms with Crippen LogP contribution in [0.1, 0.15) is 32.1 Å². The molecule has 2 rings (SSSR count). The minimum Gasteiger partial charge on any atom is -0.377 e. The lowest BCUT2D eigenvalue weighted by Crippen LogP contribution is -2.39. The molecule has 2 aliphatic rings. The van der Waals surface area contributed by atoms with Gasteiger partial charge in [0.25, 0.3) is 0 Å². The predicted octanol–water partition coefficient (Wildman–Crippen LogP) is 0.882. The summed E-state index contributed by atoms with van der Waals surface area (Å²) < 4.78 is 5.59. The Labute approximate surface area is 86.4 Å². The monoisotopic (exact) mass is 198 g/mol. The van der Waals surface area contributed by atoms with E-state index in [1.165, 1.54) is 32.1 Å². The summed E-state index contributed by atoms with van der Waals surface area (Å²) in [6.45, 7) is 2.82. The van der Waals surface area contributed by atoms with Gasteiger partial charge in [-0.15, -0.1) is 0 Å². The first kappa shape index (κ1) is 10.4. The number of nitrogens with two attached hydrogens (primary N) is 1. The van der Waals surface area contributed by atoms with E-state index in [0.717, 1.165) is 19.7 Å². The van der Waals surface area contributed by atoms with Crippen LogP contribution in [0.25, 0.3) is 0 Å². The van der Waals surface area contributed by atoms with Crippen LogP contribution in [0.15, 0.2) is 0 Å². The van der Waals surface area contributed by atoms with Crippen LogP contribution in [0.2, 0.25) is 0 Å². The molecule has 1 aliphatic heterocycles. The number of nitrogens with one attached hydrogen (secondary N) is 1. The molecule has 0 radical (unpaired) electrons. The zero-order valence-corrected chi connectivity index (χ0v) is 8.87. The Hall–Kier alpha value is -0.120. The van der Waals surface area contributed by atoms with Crippen molar-refractivity contribution in [2.75, 3.05) is 19.7 Å². The molecule has 0 amide bonds. The molecule has 1 aliphatic carbocycles. The van der Waals surface area contributed by atoms with Crippen molar-refractivity contribution in [1.82, 2.24) is 5.32 Å².